The molecule has 0 N–H and O–H groups in total. The average molecular weight is 206 g/mol. The smallest absolute Gasteiger partial charge is 0.282 e. The van der Waals surface area contributed by atoms with Gasteiger partial charge in [0.2, 0.25) is 0 Å². The molecule has 3 nitrogen and oxygen atoms in total. The molecule has 0 aromatic carbocycles. The zero-order valence-electron chi connectivity index (χ0n) is 6.54. The third-order valence-electron chi connectivity index (χ3n) is 1.75. The lowest BCUT2D eigenvalue weighted by Crippen LogP contribution is -2.01. The molecule has 0 radical (unpaired) electrons. The number of aromatic nitrogens is 2. The van der Waals surface area contributed by atoms with Gasteiger partial charge in [0.1, 0.15) is 17.0 Å². The molecule has 6 heteroatoms. The fraction of sp³-hybridized carbons (Fsp3) is 0.429. The summed E-state index contributed by atoms with van der Waals surface area (Å²) in [4.78, 5) is 9.06. The van der Waals surface area contributed by atoms with Gasteiger partial charge in [0.15, 0.2) is 5.82 Å². The maximum absolute atomic E-state index is 12.3. The van der Waals surface area contributed by atoms with E-state index in [1.807, 2.05) is 0 Å². The highest BCUT2D eigenvalue weighted by Gasteiger charge is 2.26. The topological polar surface area (TPSA) is 28.8 Å². The molecule has 0 saturated carbocycles. The third kappa shape index (κ3) is 1.56. The van der Waals surface area contributed by atoms with Crippen molar-refractivity contribution in [2.75, 3.05) is 18.0 Å². The van der Waals surface area contributed by atoms with Gasteiger partial charge in [-0.3, -0.25) is 0 Å². The normalized spacial score (nSPS) is 15.2. The van der Waals surface area contributed by atoms with E-state index in [-0.39, 0.29) is 5.02 Å². The molecule has 0 aliphatic carbocycles. The van der Waals surface area contributed by atoms with E-state index in [9.17, 15) is 8.78 Å². The summed E-state index contributed by atoms with van der Waals surface area (Å²) in [5.74, 6) is 0.409. The third-order valence-corrected chi connectivity index (χ3v) is 2.11. The van der Waals surface area contributed by atoms with E-state index in [4.69, 9.17) is 11.6 Å². The van der Waals surface area contributed by atoms with E-state index in [0.29, 0.717) is 5.82 Å². The van der Waals surface area contributed by atoms with Gasteiger partial charge in [0, 0.05) is 13.1 Å². The van der Waals surface area contributed by atoms with Crippen LogP contribution in [-0.2, 0) is 0 Å². The van der Waals surface area contributed by atoms with E-state index < -0.39 is 12.1 Å². The van der Waals surface area contributed by atoms with Gasteiger partial charge in [-0.1, -0.05) is 11.6 Å². The number of hydrogen-bond acceptors (Lipinski definition) is 3. The molecular weight excluding hydrogens is 200 g/mol. The standard InChI is InChI=1S/C7H6ClF2N3/c8-4-5(6(9)10)11-3-12-7(4)13-1-2-13/h3,6H,1-2H2. The minimum Gasteiger partial charge on any atom is -0.352 e. The highest BCUT2D eigenvalue weighted by atomic mass is 35.5. The van der Waals surface area contributed by atoms with Crippen LogP contribution in [0, 0.1) is 0 Å². The first-order valence-electron chi connectivity index (χ1n) is 3.73. The molecule has 1 aliphatic heterocycles. The van der Waals surface area contributed by atoms with Crippen molar-refractivity contribution in [2.24, 2.45) is 0 Å². The Morgan fingerprint density at radius 3 is 2.62 bits per heavy atom. The number of nitrogens with zero attached hydrogens (tertiary/aromatic N) is 3. The Kier molecular flexibility index (Phi) is 2.03. The molecule has 1 aliphatic rings. The van der Waals surface area contributed by atoms with Crippen molar-refractivity contribution >= 4 is 17.4 Å². The van der Waals surface area contributed by atoms with Crippen LogP contribution in [0.4, 0.5) is 14.6 Å². The highest BCUT2D eigenvalue weighted by molar-refractivity contribution is 6.33. The van der Waals surface area contributed by atoms with Gasteiger partial charge in [0.05, 0.1) is 0 Å². The molecule has 13 heavy (non-hydrogen) atoms. The molecule has 70 valence electrons. The molecule has 0 spiro atoms. The van der Waals surface area contributed by atoms with Crippen LogP contribution in [0.1, 0.15) is 12.1 Å². The van der Waals surface area contributed by atoms with Crippen molar-refractivity contribution in [3.8, 4) is 0 Å². The number of alkyl halides is 2. The van der Waals surface area contributed by atoms with E-state index in [1.54, 1.807) is 4.90 Å². The molecule has 0 unspecified atom stereocenters. The summed E-state index contributed by atoms with van der Waals surface area (Å²) in [6.07, 6.45) is -1.53. The second-order valence-corrected chi connectivity index (χ2v) is 3.06. The van der Waals surface area contributed by atoms with Gasteiger partial charge in [-0.05, 0) is 0 Å². The van der Waals surface area contributed by atoms with Crippen LogP contribution < -0.4 is 4.90 Å². The van der Waals surface area contributed by atoms with Gasteiger partial charge >= 0.3 is 0 Å². The van der Waals surface area contributed by atoms with Gasteiger partial charge in [-0.2, -0.15) is 0 Å². The van der Waals surface area contributed by atoms with Crippen molar-refractivity contribution in [3.05, 3.63) is 17.0 Å². The van der Waals surface area contributed by atoms with Crippen molar-refractivity contribution in [1.82, 2.24) is 9.97 Å². The van der Waals surface area contributed by atoms with Crippen LogP contribution in [0.3, 0.4) is 0 Å². The highest BCUT2D eigenvalue weighted by Crippen LogP contribution is 2.33. The zero-order valence-corrected chi connectivity index (χ0v) is 7.30. The minimum absolute atomic E-state index is 0.0324. The molecule has 1 fully saturated rings. The summed E-state index contributed by atoms with van der Waals surface area (Å²) in [6, 6.07) is 0. The fourth-order valence-corrected chi connectivity index (χ4v) is 1.31. The lowest BCUT2D eigenvalue weighted by atomic mass is 10.4. The largest absolute Gasteiger partial charge is 0.352 e. The minimum atomic E-state index is -2.64. The maximum atomic E-state index is 12.3. The summed E-state index contributed by atoms with van der Waals surface area (Å²) in [5.41, 5.74) is -0.390. The van der Waals surface area contributed by atoms with E-state index in [0.717, 1.165) is 19.4 Å². The fourth-order valence-electron chi connectivity index (χ4n) is 1.01. The maximum Gasteiger partial charge on any atom is 0.282 e. The molecule has 1 aromatic heterocycles. The van der Waals surface area contributed by atoms with Crippen LogP contribution in [-0.4, -0.2) is 23.1 Å². The van der Waals surface area contributed by atoms with E-state index >= 15 is 0 Å². The van der Waals surface area contributed by atoms with Gasteiger partial charge in [0.25, 0.3) is 6.43 Å². The predicted octanol–water partition coefficient (Wildman–Crippen LogP) is 1.89. The molecule has 1 saturated heterocycles. The van der Waals surface area contributed by atoms with Crippen LogP contribution in [0.15, 0.2) is 6.33 Å². The number of hydrogen-bond donors (Lipinski definition) is 0. The zero-order chi connectivity index (χ0) is 9.42. The van der Waals surface area contributed by atoms with Crippen molar-refractivity contribution in [1.29, 1.82) is 0 Å². The Bertz CT molecular complexity index is 307. The van der Waals surface area contributed by atoms with E-state index in [2.05, 4.69) is 9.97 Å². The van der Waals surface area contributed by atoms with Crippen LogP contribution in [0.5, 0.6) is 0 Å². The predicted molar refractivity (Wildman–Crippen MR) is 44.2 cm³/mol. The quantitative estimate of drug-likeness (QED) is 0.691. The molecule has 2 rings (SSSR count). The molecular formula is C7H6ClF2N3. The monoisotopic (exact) mass is 205 g/mol. The lowest BCUT2D eigenvalue weighted by molar-refractivity contribution is 0.146. The summed E-state index contributed by atoms with van der Waals surface area (Å²) < 4.78 is 24.6. The van der Waals surface area contributed by atoms with E-state index in [1.165, 1.54) is 0 Å². The van der Waals surface area contributed by atoms with Gasteiger partial charge in [-0.15, -0.1) is 0 Å². The molecule has 0 bridgehead atoms. The Morgan fingerprint density at radius 1 is 1.38 bits per heavy atom. The number of rotatable bonds is 2. The van der Waals surface area contributed by atoms with Crippen molar-refractivity contribution in [2.45, 2.75) is 6.43 Å². The first-order valence-corrected chi connectivity index (χ1v) is 4.11. The molecule has 0 atom stereocenters. The Labute approximate surface area is 78.4 Å². The first-order chi connectivity index (χ1) is 6.20. The first kappa shape index (κ1) is 8.62. The van der Waals surface area contributed by atoms with Gasteiger partial charge < -0.3 is 4.90 Å². The van der Waals surface area contributed by atoms with Crippen LogP contribution in [0.2, 0.25) is 5.02 Å². The summed E-state index contributed by atoms with van der Waals surface area (Å²) in [7, 11) is 0. The Hall–Kier alpha value is -0.970. The second kappa shape index (κ2) is 3.06. The van der Waals surface area contributed by atoms with Crippen LogP contribution in [0.25, 0.3) is 0 Å². The average Bonchev–Trinajstić information content (AvgIpc) is 2.87. The van der Waals surface area contributed by atoms with Crippen LogP contribution >= 0.6 is 11.6 Å². The molecule has 0 amide bonds. The Morgan fingerprint density at radius 2 is 2.08 bits per heavy atom. The van der Waals surface area contributed by atoms with Crippen molar-refractivity contribution < 1.29 is 8.78 Å². The second-order valence-electron chi connectivity index (χ2n) is 2.68. The van der Waals surface area contributed by atoms with Crippen molar-refractivity contribution in [3.63, 3.8) is 0 Å². The van der Waals surface area contributed by atoms with Gasteiger partial charge in [-0.25, -0.2) is 18.7 Å². The summed E-state index contributed by atoms with van der Waals surface area (Å²) >= 11 is 5.69. The Balaban J connectivity index is 2.41. The number of halogens is 3. The summed E-state index contributed by atoms with van der Waals surface area (Å²) in [6.45, 7) is 1.64. The molecule has 1 aromatic rings. The SMILES string of the molecule is FC(F)c1ncnc(N2CC2)c1Cl. The summed E-state index contributed by atoms with van der Waals surface area (Å²) in [5, 5.41) is -0.0324. The number of anilines is 1. The lowest BCUT2D eigenvalue weighted by Gasteiger charge is -2.06. The molecule has 2 heterocycles.